The Hall–Kier alpha value is -2.00. The van der Waals surface area contributed by atoms with Crippen molar-refractivity contribution in [2.24, 2.45) is 0 Å². The number of nitrogens with zero attached hydrogens (tertiary/aromatic N) is 1. The lowest BCUT2D eigenvalue weighted by atomic mass is 10.0. The molecule has 3 rings (SSSR count). The summed E-state index contributed by atoms with van der Waals surface area (Å²) in [6.45, 7) is 3.70. The molecule has 0 spiro atoms. The maximum atomic E-state index is 12.2. The summed E-state index contributed by atoms with van der Waals surface area (Å²) >= 11 is 6.09. The van der Waals surface area contributed by atoms with E-state index in [0.717, 1.165) is 37.2 Å². The molecule has 0 radical (unpaired) electrons. The van der Waals surface area contributed by atoms with Crippen LogP contribution >= 0.6 is 11.6 Å². The van der Waals surface area contributed by atoms with E-state index in [1.54, 1.807) is 6.07 Å². The molecule has 120 valence electrons. The third kappa shape index (κ3) is 3.85. The molecule has 1 aliphatic heterocycles. The summed E-state index contributed by atoms with van der Waals surface area (Å²) in [5.41, 5.74) is 4.41. The van der Waals surface area contributed by atoms with Crippen LogP contribution in [0.4, 0.5) is 11.4 Å². The van der Waals surface area contributed by atoms with Gasteiger partial charge in [0.25, 0.3) is 0 Å². The molecule has 0 aromatic heterocycles. The molecule has 3 nitrogen and oxygen atoms in total. The highest BCUT2D eigenvalue weighted by molar-refractivity contribution is 6.31. The van der Waals surface area contributed by atoms with E-state index in [1.807, 2.05) is 19.1 Å². The van der Waals surface area contributed by atoms with Crippen LogP contribution in [0.1, 0.15) is 24.0 Å². The second-order valence-corrected chi connectivity index (χ2v) is 6.39. The zero-order valence-electron chi connectivity index (χ0n) is 13.3. The Labute approximate surface area is 142 Å². The first-order valence-electron chi connectivity index (χ1n) is 8.02. The van der Waals surface area contributed by atoms with Gasteiger partial charge in [0.15, 0.2) is 0 Å². The van der Waals surface area contributed by atoms with Crippen LogP contribution in [0.15, 0.2) is 42.5 Å². The molecule has 2 aromatic carbocycles. The average molecular weight is 329 g/mol. The molecule has 1 N–H and O–H groups in total. The van der Waals surface area contributed by atoms with Crippen LogP contribution in [0.2, 0.25) is 5.02 Å². The summed E-state index contributed by atoms with van der Waals surface area (Å²) in [4.78, 5) is 14.5. The van der Waals surface area contributed by atoms with Gasteiger partial charge in [0.2, 0.25) is 5.91 Å². The number of rotatable bonds is 4. The molecule has 1 amide bonds. The summed E-state index contributed by atoms with van der Waals surface area (Å²) in [7, 11) is 0. The average Bonchev–Trinajstić information content (AvgIpc) is 2.56. The van der Waals surface area contributed by atoms with Gasteiger partial charge in [0, 0.05) is 35.9 Å². The first kappa shape index (κ1) is 15.9. The van der Waals surface area contributed by atoms with Gasteiger partial charge in [-0.2, -0.15) is 0 Å². The fourth-order valence-electron chi connectivity index (χ4n) is 2.97. The van der Waals surface area contributed by atoms with E-state index < -0.39 is 0 Å². The first-order chi connectivity index (χ1) is 11.1. The summed E-state index contributed by atoms with van der Waals surface area (Å²) < 4.78 is 0. The van der Waals surface area contributed by atoms with Gasteiger partial charge in [-0.15, -0.1) is 0 Å². The Morgan fingerprint density at radius 2 is 2.09 bits per heavy atom. The summed E-state index contributed by atoms with van der Waals surface area (Å²) in [6.07, 6.45) is 2.74. The normalized spacial score (nSPS) is 13.6. The lowest BCUT2D eigenvalue weighted by Crippen LogP contribution is -2.32. The van der Waals surface area contributed by atoms with E-state index in [1.165, 1.54) is 11.3 Å². The first-order valence-corrected chi connectivity index (χ1v) is 8.40. The third-order valence-electron chi connectivity index (χ3n) is 4.27. The number of hydrogen-bond donors (Lipinski definition) is 1. The van der Waals surface area contributed by atoms with Crippen LogP contribution in [0.5, 0.6) is 0 Å². The van der Waals surface area contributed by atoms with Crippen molar-refractivity contribution in [3.63, 3.8) is 0 Å². The molecule has 0 saturated carbocycles. The molecule has 0 saturated heterocycles. The Morgan fingerprint density at radius 3 is 2.91 bits per heavy atom. The van der Waals surface area contributed by atoms with Gasteiger partial charge in [-0.3, -0.25) is 4.79 Å². The van der Waals surface area contributed by atoms with Crippen molar-refractivity contribution in [3.05, 3.63) is 58.6 Å². The van der Waals surface area contributed by atoms with Gasteiger partial charge in [0.1, 0.15) is 0 Å². The van der Waals surface area contributed by atoms with Crippen molar-refractivity contribution >= 4 is 28.9 Å². The number of nitrogens with one attached hydrogen (secondary N) is 1. The minimum absolute atomic E-state index is 0.0213. The van der Waals surface area contributed by atoms with Crippen LogP contribution in [-0.2, 0) is 11.2 Å². The smallest absolute Gasteiger partial charge is 0.226 e. The van der Waals surface area contributed by atoms with Crippen molar-refractivity contribution in [1.29, 1.82) is 0 Å². The summed E-state index contributed by atoms with van der Waals surface area (Å²) in [5.74, 6) is 0.0213. The van der Waals surface area contributed by atoms with Gasteiger partial charge in [-0.1, -0.05) is 35.9 Å². The summed E-state index contributed by atoms with van der Waals surface area (Å²) in [5, 5.41) is 3.60. The van der Waals surface area contributed by atoms with Crippen molar-refractivity contribution in [3.8, 4) is 0 Å². The van der Waals surface area contributed by atoms with Gasteiger partial charge in [-0.25, -0.2) is 0 Å². The number of carbonyl (C=O) groups excluding carboxylic acids is 1. The number of anilines is 2. The number of benzene rings is 2. The van der Waals surface area contributed by atoms with E-state index in [2.05, 4.69) is 34.5 Å². The maximum Gasteiger partial charge on any atom is 0.226 e. The second kappa shape index (κ2) is 7.05. The lowest BCUT2D eigenvalue weighted by molar-refractivity contribution is -0.116. The van der Waals surface area contributed by atoms with Crippen molar-refractivity contribution in [1.82, 2.24) is 0 Å². The quantitative estimate of drug-likeness (QED) is 0.900. The minimum Gasteiger partial charge on any atom is -0.371 e. The Balaban J connectivity index is 1.58. The fourth-order valence-corrected chi connectivity index (χ4v) is 3.15. The predicted octanol–water partition coefficient (Wildman–Crippen LogP) is 4.43. The molecule has 0 fully saturated rings. The molecule has 2 aromatic rings. The molecular formula is C19H21ClN2O. The Kier molecular flexibility index (Phi) is 4.87. The number of fused-ring (bicyclic) bond motifs is 1. The van der Waals surface area contributed by atoms with E-state index in [4.69, 9.17) is 11.6 Å². The van der Waals surface area contributed by atoms with Gasteiger partial charge in [-0.05, 0) is 49.1 Å². The van der Waals surface area contributed by atoms with Crippen LogP contribution in [0.3, 0.4) is 0 Å². The zero-order chi connectivity index (χ0) is 16.2. The molecule has 23 heavy (non-hydrogen) atoms. The van der Waals surface area contributed by atoms with E-state index in [9.17, 15) is 4.79 Å². The highest BCUT2D eigenvalue weighted by atomic mass is 35.5. The van der Waals surface area contributed by atoms with Gasteiger partial charge >= 0.3 is 0 Å². The molecule has 1 heterocycles. The highest BCUT2D eigenvalue weighted by Gasteiger charge is 2.16. The molecular weight excluding hydrogens is 308 g/mol. The number of carbonyl (C=O) groups is 1. The van der Waals surface area contributed by atoms with E-state index in [-0.39, 0.29) is 5.91 Å². The third-order valence-corrected chi connectivity index (χ3v) is 4.68. The molecule has 4 heteroatoms. The van der Waals surface area contributed by atoms with Gasteiger partial charge in [0.05, 0.1) is 0 Å². The molecule has 0 aliphatic carbocycles. The van der Waals surface area contributed by atoms with Crippen molar-refractivity contribution in [2.45, 2.75) is 26.2 Å². The SMILES string of the molecule is Cc1ccc(NC(=O)CCN2CCCc3ccccc32)cc1Cl. The largest absolute Gasteiger partial charge is 0.371 e. The zero-order valence-corrected chi connectivity index (χ0v) is 14.1. The van der Waals surface area contributed by atoms with Crippen LogP contribution in [0, 0.1) is 6.92 Å². The number of hydrogen-bond acceptors (Lipinski definition) is 2. The standard InChI is InChI=1S/C19H21ClN2O/c1-14-8-9-16(13-17(14)20)21-19(23)10-12-22-11-4-6-15-5-2-3-7-18(15)22/h2-3,5,7-9,13H,4,6,10-12H2,1H3,(H,21,23). The number of aryl methyl sites for hydroxylation is 2. The minimum atomic E-state index is 0.0213. The van der Waals surface area contributed by atoms with Crippen LogP contribution in [-0.4, -0.2) is 19.0 Å². The van der Waals surface area contributed by atoms with Crippen molar-refractivity contribution < 1.29 is 4.79 Å². The topological polar surface area (TPSA) is 32.3 Å². The number of para-hydroxylation sites is 1. The monoisotopic (exact) mass is 328 g/mol. The Bertz CT molecular complexity index is 714. The molecule has 0 atom stereocenters. The van der Waals surface area contributed by atoms with Crippen LogP contribution < -0.4 is 10.2 Å². The Morgan fingerprint density at radius 1 is 1.26 bits per heavy atom. The fraction of sp³-hybridized carbons (Fsp3) is 0.316. The summed E-state index contributed by atoms with van der Waals surface area (Å²) in [6, 6.07) is 14.1. The molecule has 1 aliphatic rings. The lowest BCUT2D eigenvalue weighted by Gasteiger charge is -2.31. The number of halogens is 1. The van der Waals surface area contributed by atoms with Crippen molar-refractivity contribution in [2.75, 3.05) is 23.3 Å². The second-order valence-electron chi connectivity index (χ2n) is 5.98. The molecule has 0 unspecified atom stereocenters. The van der Waals surface area contributed by atoms with Crippen LogP contribution in [0.25, 0.3) is 0 Å². The number of amides is 1. The molecule has 0 bridgehead atoms. The predicted molar refractivity (Wildman–Crippen MR) is 96.4 cm³/mol. The van der Waals surface area contributed by atoms with Gasteiger partial charge < -0.3 is 10.2 Å². The maximum absolute atomic E-state index is 12.2. The highest BCUT2D eigenvalue weighted by Crippen LogP contribution is 2.26. The van der Waals surface area contributed by atoms with E-state index in [0.29, 0.717) is 11.4 Å². The van der Waals surface area contributed by atoms with E-state index >= 15 is 0 Å².